The molecule has 0 fully saturated rings. The second kappa shape index (κ2) is 5.73. The van der Waals surface area contributed by atoms with Crippen molar-refractivity contribution in [1.29, 1.82) is 0 Å². The standard InChI is InChI=1S/C14H16NOS/c1-15-9-4-3-8-14(15)17-11-12-6-5-7-13(10-12)16-2/h3-10H,11H2,1-2H3/q+1. The number of rotatable bonds is 4. The number of ether oxygens (including phenoxy) is 1. The first-order valence-corrected chi connectivity index (χ1v) is 6.48. The molecule has 0 radical (unpaired) electrons. The molecule has 0 unspecified atom stereocenters. The first-order valence-electron chi connectivity index (χ1n) is 5.50. The van der Waals surface area contributed by atoms with Gasteiger partial charge in [-0.05, 0) is 23.8 Å². The first kappa shape index (κ1) is 12.0. The molecule has 88 valence electrons. The van der Waals surface area contributed by atoms with Gasteiger partial charge >= 0.3 is 0 Å². The predicted molar refractivity (Wildman–Crippen MR) is 70.2 cm³/mol. The molecule has 2 aromatic rings. The maximum absolute atomic E-state index is 5.22. The molecule has 0 saturated heterocycles. The summed E-state index contributed by atoms with van der Waals surface area (Å²) in [6.45, 7) is 0. The van der Waals surface area contributed by atoms with E-state index in [1.807, 2.05) is 30.0 Å². The van der Waals surface area contributed by atoms with E-state index in [0.29, 0.717) is 0 Å². The summed E-state index contributed by atoms with van der Waals surface area (Å²) in [5.41, 5.74) is 1.28. The van der Waals surface area contributed by atoms with E-state index in [2.05, 4.69) is 42.1 Å². The van der Waals surface area contributed by atoms with Crippen LogP contribution in [0.4, 0.5) is 0 Å². The SMILES string of the molecule is COc1cccc(CSc2cccc[n+]2C)c1. The van der Waals surface area contributed by atoms with Gasteiger partial charge in [0, 0.05) is 17.9 Å². The molecule has 2 rings (SSSR count). The lowest BCUT2D eigenvalue weighted by atomic mass is 10.2. The number of aryl methyl sites for hydroxylation is 1. The highest BCUT2D eigenvalue weighted by molar-refractivity contribution is 7.98. The summed E-state index contributed by atoms with van der Waals surface area (Å²) >= 11 is 1.83. The molecule has 3 heteroatoms. The molecule has 0 amide bonds. The van der Waals surface area contributed by atoms with Crippen molar-refractivity contribution in [3.63, 3.8) is 0 Å². The number of methoxy groups -OCH3 is 1. The quantitative estimate of drug-likeness (QED) is 0.608. The van der Waals surface area contributed by atoms with Gasteiger partial charge in [-0.2, -0.15) is 4.57 Å². The van der Waals surface area contributed by atoms with Crippen LogP contribution in [-0.4, -0.2) is 7.11 Å². The second-order valence-electron chi connectivity index (χ2n) is 3.79. The molecule has 0 atom stereocenters. The van der Waals surface area contributed by atoms with Crippen LogP contribution in [0.15, 0.2) is 53.7 Å². The number of hydrogen-bond donors (Lipinski definition) is 0. The highest BCUT2D eigenvalue weighted by atomic mass is 32.2. The van der Waals surface area contributed by atoms with E-state index in [1.54, 1.807) is 7.11 Å². The molecule has 0 aliphatic heterocycles. The Morgan fingerprint density at radius 3 is 2.82 bits per heavy atom. The molecular formula is C14H16NOS+. The van der Waals surface area contributed by atoms with Crippen molar-refractivity contribution in [3.05, 3.63) is 54.2 Å². The van der Waals surface area contributed by atoms with Gasteiger partial charge in [-0.3, -0.25) is 0 Å². The Balaban J connectivity index is 2.05. The zero-order valence-corrected chi connectivity index (χ0v) is 10.9. The van der Waals surface area contributed by atoms with Crippen LogP contribution in [0.5, 0.6) is 5.75 Å². The topological polar surface area (TPSA) is 13.1 Å². The number of pyridine rings is 1. The fraction of sp³-hybridized carbons (Fsp3) is 0.214. The fourth-order valence-corrected chi connectivity index (χ4v) is 2.51. The fourth-order valence-electron chi connectivity index (χ4n) is 1.58. The molecule has 1 heterocycles. The third-order valence-corrected chi connectivity index (χ3v) is 3.73. The Morgan fingerprint density at radius 1 is 1.18 bits per heavy atom. The summed E-state index contributed by atoms with van der Waals surface area (Å²) in [6.07, 6.45) is 2.06. The summed E-state index contributed by atoms with van der Waals surface area (Å²) in [5, 5.41) is 1.26. The number of nitrogens with zero attached hydrogens (tertiary/aromatic N) is 1. The minimum absolute atomic E-state index is 0.917. The summed E-state index contributed by atoms with van der Waals surface area (Å²) in [5.74, 6) is 1.87. The van der Waals surface area contributed by atoms with Crippen LogP contribution < -0.4 is 9.30 Å². The van der Waals surface area contributed by atoms with Crippen molar-refractivity contribution in [2.24, 2.45) is 7.05 Å². The lowest BCUT2D eigenvalue weighted by Gasteiger charge is -2.03. The molecular weight excluding hydrogens is 230 g/mol. The lowest BCUT2D eigenvalue weighted by molar-refractivity contribution is -0.708. The van der Waals surface area contributed by atoms with Gasteiger partial charge in [-0.1, -0.05) is 23.9 Å². The molecule has 17 heavy (non-hydrogen) atoms. The predicted octanol–water partition coefficient (Wildman–Crippen LogP) is 2.81. The van der Waals surface area contributed by atoms with Crippen molar-refractivity contribution in [3.8, 4) is 5.75 Å². The molecule has 0 aliphatic rings. The van der Waals surface area contributed by atoms with E-state index in [4.69, 9.17) is 4.74 Å². The van der Waals surface area contributed by atoms with Gasteiger partial charge < -0.3 is 4.74 Å². The largest absolute Gasteiger partial charge is 0.497 e. The minimum atomic E-state index is 0.917. The van der Waals surface area contributed by atoms with Gasteiger partial charge in [0.05, 0.1) is 7.11 Å². The molecule has 1 aromatic carbocycles. The van der Waals surface area contributed by atoms with Gasteiger partial charge in [0.1, 0.15) is 12.8 Å². The van der Waals surface area contributed by atoms with Crippen LogP contribution in [0.25, 0.3) is 0 Å². The van der Waals surface area contributed by atoms with Crippen molar-refractivity contribution in [1.82, 2.24) is 0 Å². The van der Waals surface area contributed by atoms with Crippen LogP contribution in [0.1, 0.15) is 5.56 Å². The molecule has 1 aromatic heterocycles. The zero-order valence-electron chi connectivity index (χ0n) is 10.1. The molecule has 0 spiro atoms. The Labute approximate surface area is 106 Å². The maximum Gasteiger partial charge on any atom is 0.240 e. The van der Waals surface area contributed by atoms with E-state index in [-0.39, 0.29) is 0 Å². The number of benzene rings is 1. The Morgan fingerprint density at radius 2 is 2.06 bits per heavy atom. The minimum Gasteiger partial charge on any atom is -0.497 e. The summed E-state index contributed by atoms with van der Waals surface area (Å²) in [4.78, 5) is 0. The van der Waals surface area contributed by atoms with Gasteiger partial charge in [-0.25, -0.2) is 0 Å². The van der Waals surface area contributed by atoms with E-state index in [9.17, 15) is 0 Å². The summed E-state index contributed by atoms with van der Waals surface area (Å²) < 4.78 is 7.35. The highest BCUT2D eigenvalue weighted by Crippen LogP contribution is 2.21. The van der Waals surface area contributed by atoms with Crippen LogP contribution in [0, 0.1) is 0 Å². The number of thioether (sulfide) groups is 1. The average Bonchev–Trinajstić information content (AvgIpc) is 2.38. The average molecular weight is 246 g/mol. The summed E-state index contributed by atoms with van der Waals surface area (Å²) in [6, 6.07) is 14.4. The molecule has 0 saturated carbocycles. The first-order chi connectivity index (χ1) is 8.29. The number of aromatic nitrogens is 1. The Bertz CT molecular complexity index is 499. The monoisotopic (exact) mass is 246 g/mol. The third-order valence-electron chi connectivity index (χ3n) is 2.53. The van der Waals surface area contributed by atoms with Gasteiger partial charge in [0.2, 0.25) is 5.03 Å². The smallest absolute Gasteiger partial charge is 0.240 e. The lowest BCUT2D eigenvalue weighted by Crippen LogP contribution is -2.29. The van der Waals surface area contributed by atoms with Crippen LogP contribution in [0.2, 0.25) is 0 Å². The third kappa shape index (κ3) is 3.24. The van der Waals surface area contributed by atoms with E-state index in [1.165, 1.54) is 10.6 Å². The van der Waals surface area contributed by atoms with E-state index in [0.717, 1.165) is 11.5 Å². The Hall–Kier alpha value is -1.48. The van der Waals surface area contributed by atoms with E-state index < -0.39 is 0 Å². The van der Waals surface area contributed by atoms with E-state index >= 15 is 0 Å². The summed E-state index contributed by atoms with van der Waals surface area (Å²) in [7, 11) is 3.76. The molecule has 0 aliphatic carbocycles. The zero-order chi connectivity index (χ0) is 12.1. The molecule has 2 nitrogen and oxygen atoms in total. The van der Waals surface area contributed by atoms with Gasteiger partial charge in [0.25, 0.3) is 0 Å². The van der Waals surface area contributed by atoms with Gasteiger partial charge in [0.15, 0.2) is 6.20 Å². The normalized spacial score (nSPS) is 10.2. The van der Waals surface area contributed by atoms with Crippen molar-refractivity contribution in [2.75, 3.05) is 7.11 Å². The van der Waals surface area contributed by atoms with Gasteiger partial charge in [-0.15, -0.1) is 0 Å². The van der Waals surface area contributed by atoms with Crippen LogP contribution in [0.3, 0.4) is 0 Å². The van der Waals surface area contributed by atoms with Crippen LogP contribution in [-0.2, 0) is 12.8 Å². The second-order valence-corrected chi connectivity index (χ2v) is 4.79. The maximum atomic E-state index is 5.22. The molecule has 0 bridgehead atoms. The highest BCUT2D eigenvalue weighted by Gasteiger charge is 2.05. The van der Waals surface area contributed by atoms with Crippen molar-refractivity contribution < 1.29 is 9.30 Å². The molecule has 0 N–H and O–H groups in total. The number of hydrogen-bond acceptors (Lipinski definition) is 2. The Kier molecular flexibility index (Phi) is 4.04. The van der Waals surface area contributed by atoms with Crippen molar-refractivity contribution in [2.45, 2.75) is 10.8 Å². The van der Waals surface area contributed by atoms with Crippen molar-refractivity contribution >= 4 is 11.8 Å². The van der Waals surface area contributed by atoms with Crippen LogP contribution >= 0.6 is 11.8 Å².